The average Bonchev–Trinajstić information content (AvgIpc) is 3.32. The second kappa shape index (κ2) is 12.3. The van der Waals surface area contributed by atoms with Crippen LogP contribution in [0.5, 0.6) is 0 Å². The van der Waals surface area contributed by atoms with Gasteiger partial charge in [0.05, 0.1) is 18.8 Å². The third kappa shape index (κ3) is 6.38. The number of ketones is 1. The Balaban J connectivity index is 1.75. The van der Waals surface area contributed by atoms with E-state index in [4.69, 9.17) is 9.72 Å². The van der Waals surface area contributed by atoms with E-state index in [9.17, 15) is 24.0 Å². The first-order chi connectivity index (χ1) is 19.9. The highest BCUT2D eigenvalue weighted by Crippen LogP contribution is 2.24. The smallest absolute Gasteiger partial charge is 0.407 e. The van der Waals surface area contributed by atoms with E-state index in [0.717, 1.165) is 17.4 Å². The van der Waals surface area contributed by atoms with Crippen LogP contribution in [0.4, 0.5) is 16.4 Å². The number of anilines is 2. The number of carbonyl (C=O) groups excluding carboxylic acids is 3. The Kier molecular flexibility index (Phi) is 8.84. The second-order valence-corrected chi connectivity index (χ2v) is 11.0. The lowest BCUT2D eigenvalue weighted by Gasteiger charge is -2.34. The Morgan fingerprint density at radius 2 is 1.93 bits per heavy atom. The van der Waals surface area contributed by atoms with E-state index in [-0.39, 0.29) is 35.0 Å². The molecular weight excluding hydrogens is 542 g/mol. The summed E-state index contributed by atoms with van der Waals surface area (Å²) in [6, 6.07) is 6.13. The molecule has 0 aliphatic carbocycles. The van der Waals surface area contributed by atoms with Crippen LogP contribution in [-0.2, 0) is 29.7 Å². The molecule has 1 aromatic carbocycles. The lowest BCUT2D eigenvalue weighted by molar-refractivity contribution is -0.105. The third-order valence-corrected chi connectivity index (χ3v) is 6.79. The number of alkyl carbamates (subject to hydrolysis) is 1. The molecule has 0 saturated carbocycles. The van der Waals surface area contributed by atoms with Crippen molar-refractivity contribution in [1.82, 2.24) is 24.0 Å². The summed E-state index contributed by atoms with van der Waals surface area (Å²) >= 11 is 0. The fourth-order valence-corrected chi connectivity index (χ4v) is 4.94. The van der Waals surface area contributed by atoms with Gasteiger partial charge in [-0.2, -0.15) is 4.98 Å². The van der Waals surface area contributed by atoms with Crippen molar-refractivity contribution >= 4 is 41.1 Å². The zero-order valence-electron chi connectivity index (χ0n) is 24.4. The van der Waals surface area contributed by atoms with Gasteiger partial charge in [-0.3, -0.25) is 28.1 Å². The number of ether oxygens (including phenoxy) is 1. The van der Waals surface area contributed by atoms with Crippen molar-refractivity contribution in [3.63, 3.8) is 0 Å². The zero-order valence-corrected chi connectivity index (χ0v) is 24.4. The van der Waals surface area contributed by atoms with Gasteiger partial charge in [-0.1, -0.05) is 18.1 Å². The number of para-hydroxylation sites is 1. The average molecular weight is 578 g/mol. The largest absolute Gasteiger partial charge is 0.444 e. The first-order valence-electron chi connectivity index (χ1n) is 13.6. The number of nitrogens with zero attached hydrogens (tertiary/aromatic N) is 5. The highest BCUT2D eigenvalue weighted by molar-refractivity contribution is 6.02. The summed E-state index contributed by atoms with van der Waals surface area (Å²) in [7, 11) is 1.49. The molecule has 3 aromatic rings. The number of piperidine rings is 1. The lowest BCUT2D eigenvalue weighted by Crippen LogP contribution is -2.49. The Bertz CT molecular complexity index is 1700. The van der Waals surface area contributed by atoms with E-state index in [1.807, 2.05) is 4.90 Å². The van der Waals surface area contributed by atoms with Crippen LogP contribution < -0.4 is 26.8 Å². The maximum absolute atomic E-state index is 13.8. The molecule has 222 valence electrons. The monoisotopic (exact) mass is 577 g/mol. The summed E-state index contributed by atoms with van der Waals surface area (Å²) < 4.78 is 9.16. The van der Waals surface area contributed by atoms with Gasteiger partial charge in [0.2, 0.25) is 12.4 Å². The molecule has 0 spiro atoms. The summed E-state index contributed by atoms with van der Waals surface area (Å²) in [6.07, 6.45) is 1.42. The highest BCUT2D eigenvalue weighted by atomic mass is 16.6. The summed E-state index contributed by atoms with van der Waals surface area (Å²) in [5, 5.41) is 5.38. The van der Waals surface area contributed by atoms with Gasteiger partial charge in [0, 0.05) is 31.7 Å². The van der Waals surface area contributed by atoms with Crippen molar-refractivity contribution in [2.24, 2.45) is 7.05 Å². The third-order valence-electron chi connectivity index (χ3n) is 6.79. The van der Waals surface area contributed by atoms with Crippen LogP contribution in [0.2, 0.25) is 0 Å². The Morgan fingerprint density at radius 1 is 1.19 bits per heavy atom. The zero-order chi connectivity index (χ0) is 30.6. The Labute approximate surface area is 242 Å². The lowest BCUT2D eigenvalue weighted by atomic mass is 10.1. The minimum atomic E-state index is -0.706. The van der Waals surface area contributed by atoms with Crippen LogP contribution in [-0.4, -0.2) is 61.7 Å². The van der Waals surface area contributed by atoms with E-state index in [0.29, 0.717) is 25.4 Å². The number of rotatable bonds is 8. The van der Waals surface area contributed by atoms with E-state index < -0.39 is 35.3 Å². The number of nitrogens with one attached hydrogen (secondary N) is 2. The molecule has 0 radical (unpaired) electrons. The molecule has 0 bridgehead atoms. The molecule has 13 nitrogen and oxygen atoms in total. The number of imidazole rings is 1. The molecule has 1 atom stereocenters. The predicted octanol–water partition coefficient (Wildman–Crippen LogP) is 1.86. The van der Waals surface area contributed by atoms with Crippen molar-refractivity contribution in [2.75, 3.05) is 23.3 Å². The summed E-state index contributed by atoms with van der Waals surface area (Å²) in [4.78, 5) is 70.4. The highest BCUT2D eigenvalue weighted by Gasteiger charge is 2.29. The van der Waals surface area contributed by atoms with Crippen LogP contribution in [0.25, 0.3) is 11.2 Å². The first-order valence-corrected chi connectivity index (χ1v) is 13.6. The number of aromatic nitrogens is 4. The SMILES string of the molecule is CC#CCn1c(N2CCCC(NC(=O)OC(C)(C)C)C2)nc2c1c(=O)n(CC(=O)c1ccccc1NC=O)c(=O)n2C. The summed E-state index contributed by atoms with van der Waals surface area (Å²) in [5.74, 6) is 5.71. The van der Waals surface area contributed by atoms with Gasteiger partial charge in [0.25, 0.3) is 5.56 Å². The van der Waals surface area contributed by atoms with Crippen molar-refractivity contribution in [1.29, 1.82) is 0 Å². The number of benzene rings is 1. The molecule has 1 saturated heterocycles. The molecule has 1 aliphatic heterocycles. The van der Waals surface area contributed by atoms with Crippen LogP contribution >= 0.6 is 0 Å². The minimum Gasteiger partial charge on any atom is -0.444 e. The van der Waals surface area contributed by atoms with Crippen molar-refractivity contribution in [3.8, 4) is 11.8 Å². The fraction of sp³-hybridized carbons (Fsp3) is 0.448. The van der Waals surface area contributed by atoms with Crippen molar-refractivity contribution in [3.05, 3.63) is 50.7 Å². The molecule has 2 N–H and O–H groups in total. The maximum atomic E-state index is 13.8. The van der Waals surface area contributed by atoms with Crippen molar-refractivity contribution < 1.29 is 19.1 Å². The molecule has 13 heteroatoms. The number of fused-ring (bicyclic) bond motifs is 1. The van der Waals surface area contributed by atoms with Gasteiger partial charge in [-0.05, 0) is 52.7 Å². The number of carbonyl (C=O) groups is 3. The number of hydrogen-bond acceptors (Lipinski definition) is 8. The molecule has 3 heterocycles. The number of Topliss-reactive ketones (excluding diaryl/α,β-unsaturated/α-hetero) is 1. The van der Waals surface area contributed by atoms with E-state index in [1.54, 1.807) is 50.5 Å². The number of aryl methyl sites for hydroxylation is 1. The molecule has 42 heavy (non-hydrogen) atoms. The van der Waals surface area contributed by atoms with Gasteiger partial charge in [-0.25, -0.2) is 9.59 Å². The molecule has 1 unspecified atom stereocenters. The standard InChI is InChI=1S/C29H35N7O6/c1-6-7-15-35-23-24(32-26(35)34-14-10-11-19(16-34)31-27(40)42-29(2,3)4)33(5)28(41)36(25(23)39)17-22(38)20-12-8-9-13-21(20)30-18-37/h8-9,12-13,18-19H,10-11,14-17H2,1-5H3,(H,30,37)(H,31,40). The quantitative estimate of drug-likeness (QED) is 0.234. The van der Waals surface area contributed by atoms with Crippen molar-refractivity contribution in [2.45, 2.75) is 65.3 Å². The fourth-order valence-electron chi connectivity index (χ4n) is 4.94. The van der Waals surface area contributed by atoms with Crippen LogP contribution in [0, 0.1) is 11.8 Å². The molecule has 2 aromatic heterocycles. The molecule has 4 rings (SSSR count). The van der Waals surface area contributed by atoms with Gasteiger partial charge < -0.3 is 20.3 Å². The molecule has 2 amide bonds. The van der Waals surface area contributed by atoms with E-state index in [1.165, 1.54) is 17.7 Å². The van der Waals surface area contributed by atoms with Gasteiger partial charge in [0.15, 0.2) is 16.9 Å². The molecular formula is C29H35N7O6. The van der Waals surface area contributed by atoms with Crippen LogP contribution in [0.1, 0.15) is 50.9 Å². The minimum absolute atomic E-state index is 0.122. The van der Waals surface area contributed by atoms with Gasteiger partial charge in [0.1, 0.15) is 5.60 Å². The van der Waals surface area contributed by atoms with Gasteiger partial charge in [-0.15, -0.1) is 5.92 Å². The topological polar surface area (TPSA) is 150 Å². The second-order valence-electron chi connectivity index (χ2n) is 11.0. The first kappa shape index (κ1) is 30.1. The molecule has 1 fully saturated rings. The summed E-state index contributed by atoms with van der Waals surface area (Å²) in [6.45, 7) is 7.66. The van der Waals surface area contributed by atoms with Crippen LogP contribution in [0.15, 0.2) is 33.9 Å². The van der Waals surface area contributed by atoms with Gasteiger partial charge >= 0.3 is 11.8 Å². The maximum Gasteiger partial charge on any atom is 0.407 e. The number of hydrogen-bond donors (Lipinski definition) is 2. The Hall–Kier alpha value is -4.86. The van der Waals surface area contributed by atoms with Crippen LogP contribution in [0.3, 0.4) is 0 Å². The summed E-state index contributed by atoms with van der Waals surface area (Å²) in [5.41, 5.74) is -1.29. The number of amides is 2. The normalized spacial score (nSPS) is 15.1. The Morgan fingerprint density at radius 3 is 2.62 bits per heavy atom. The van der Waals surface area contributed by atoms with E-state index in [2.05, 4.69) is 22.5 Å². The molecule has 1 aliphatic rings. The van der Waals surface area contributed by atoms with E-state index >= 15 is 0 Å². The predicted molar refractivity (Wildman–Crippen MR) is 158 cm³/mol.